The Kier molecular flexibility index (Phi) is 2.78. The maximum atomic E-state index is 11.6. The van der Waals surface area contributed by atoms with E-state index >= 15 is 0 Å². The molecule has 20 heavy (non-hydrogen) atoms. The lowest BCUT2D eigenvalue weighted by Crippen LogP contribution is -2.30. The predicted molar refractivity (Wildman–Crippen MR) is 70.6 cm³/mol. The highest BCUT2D eigenvalue weighted by Crippen LogP contribution is 2.31. The van der Waals surface area contributed by atoms with Crippen molar-refractivity contribution in [2.24, 2.45) is 0 Å². The van der Waals surface area contributed by atoms with Gasteiger partial charge in [-0.05, 0) is 24.1 Å². The number of rotatable bonds is 2. The van der Waals surface area contributed by atoms with Gasteiger partial charge < -0.3 is 14.5 Å². The Balaban J connectivity index is 2.00. The Hall–Kier alpha value is -2.63. The highest BCUT2D eigenvalue weighted by Gasteiger charge is 2.21. The van der Waals surface area contributed by atoms with E-state index in [1.807, 2.05) is 12.1 Å². The summed E-state index contributed by atoms with van der Waals surface area (Å²) in [7, 11) is 1.75. The molecule has 0 fully saturated rings. The number of nitrogens with zero attached hydrogens (tertiary/aromatic N) is 2. The maximum absolute atomic E-state index is 11.6. The molecule has 0 spiro atoms. The van der Waals surface area contributed by atoms with Gasteiger partial charge in [0.2, 0.25) is 11.7 Å². The topological polar surface area (TPSA) is 83.6 Å². The van der Waals surface area contributed by atoms with E-state index in [9.17, 15) is 9.59 Å². The zero-order valence-corrected chi connectivity index (χ0v) is 10.8. The van der Waals surface area contributed by atoms with E-state index < -0.39 is 5.97 Å². The molecule has 0 saturated carbocycles. The van der Waals surface area contributed by atoms with Gasteiger partial charge in [0.25, 0.3) is 0 Å². The number of carboxylic acid groups (broad SMARTS) is 1. The van der Waals surface area contributed by atoms with Gasteiger partial charge in [0.1, 0.15) is 5.69 Å². The second-order valence-corrected chi connectivity index (χ2v) is 4.68. The monoisotopic (exact) mass is 272 g/mol. The van der Waals surface area contributed by atoms with Crippen LogP contribution in [-0.4, -0.2) is 29.2 Å². The number of carbonyl (C=O) groups is 2. The first-order valence-corrected chi connectivity index (χ1v) is 6.16. The third-order valence-corrected chi connectivity index (χ3v) is 3.44. The van der Waals surface area contributed by atoms with E-state index in [4.69, 9.17) is 9.63 Å². The van der Waals surface area contributed by atoms with Crippen LogP contribution in [0.4, 0.5) is 5.69 Å². The minimum atomic E-state index is -1.15. The summed E-state index contributed by atoms with van der Waals surface area (Å²) in [5, 5.41) is 12.6. The molecule has 6 nitrogen and oxygen atoms in total. The summed E-state index contributed by atoms with van der Waals surface area (Å²) in [6.45, 7) is 0. The van der Waals surface area contributed by atoms with Crippen molar-refractivity contribution in [1.29, 1.82) is 0 Å². The molecule has 0 radical (unpaired) electrons. The quantitative estimate of drug-likeness (QED) is 0.903. The van der Waals surface area contributed by atoms with E-state index in [0.717, 1.165) is 16.8 Å². The largest absolute Gasteiger partial charge is 0.475 e. The summed E-state index contributed by atoms with van der Waals surface area (Å²) in [6, 6.07) is 6.96. The number of hydrogen-bond donors (Lipinski definition) is 1. The van der Waals surface area contributed by atoms with Gasteiger partial charge in [-0.2, -0.15) is 0 Å². The van der Waals surface area contributed by atoms with Crippen LogP contribution >= 0.6 is 0 Å². The SMILES string of the molecule is CN1C(=O)CCc2cc(-c3cc(C(=O)O)on3)ccc21. The van der Waals surface area contributed by atoms with Crippen LogP contribution in [0, 0.1) is 0 Å². The van der Waals surface area contributed by atoms with Gasteiger partial charge in [0.05, 0.1) is 0 Å². The summed E-state index contributed by atoms with van der Waals surface area (Å²) in [5.41, 5.74) is 3.18. The van der Waals surface area contributed by atoms with E-state index in [1.54, 1.807) is 18.0 Å². The van der Waals surface area contributed by atoms with Gasteiger partial charge in [-0.3, -0.25) is 4.79 Å². The summed E-state index contributed by atoms with van der Waals surface area (Å²) in [5.74, 6) is -1.24. The van der Waals surface area contributed by atoms with E-state index in [-0.39, 0.29) is 11.7 Å². The van der Waals surface area contributed by atoms with Crippen LogP contribution in [0.15, 0.2) is 28.8 Å². The standard InChI is InChI=1S/C14H12N2O4/c1-16-11-4-2-8(6-9(11)3-5-13(16)17)10-7-12(14(18)19)20-15-10/h2,4,6-7H,3,5H2,1H3,(H,18,19). The number of benzene rings is 1. The first-order valence-electron chi connectivity index (χ1n) is 6.16. The molecule has 6 heteroatoms. The van der Waals surface area contributed by atoms with Crippen LogP contribution in [-0.2, 0) is 11.2 Å². The van der Waals surface area contributed by atoms with Crippen LogP contribution in [0.1, 0.15) is 22.5 Å². The van der Waals surface area contributed by atoms with Gasteiger partial charge in [0.15, 0.2) is 0 Å². The Morgan fingerprint density at radius 3 is 2.85 bits per heavy atom. The van der Waals surface area contributed by atoms with Gasteiger partial charge in [-0.15, -0.1) is 0 Å². The summed E-state index contributed by atoms with van der Waals surface area (Å²) < 4.78 is 4.75. The molecular formula is C14H12N2O4. The number of anilines is 1. The number of aromatic carboxylic acids is 1. The van der Waals surface area contributed by atoms with Crippen molar-refractivity contribution in [2.45, 2.75) is 12.8 Å². The molecule has 2 aromatic rings. The number of amides is 1. The lowest BCUT2D eigenvalue weighted by Gasteiger charge is -2.25. The number of aromatic nitrogens is 1. The fourth-order valence-electron chi connectivity index (χ4n) is 2.33. The van der Waals surface area contributed by atoms with E-state index in [2.05, 4.69) is 5.16 Å². The minimum Gasteiger partial charge on any atom is -0.475 e. The fourth-order valence-corrected chi connectivity index (χ4v) is 2.33. The summed E-state index contributed by atoms with van der Waals surface area (Å²) >= 11 is 0. The molecule has 0 atom stereocenters. The molecule has 1 amide bonds. The Morgan fingerprint density at radius 1 is 1.35 bits per heavy atom. The number of fused-ring (bicyclic) bond motifs is 1. The molecule has 1 aromatic carbocycles. The second kappa shape index (κ2) is 4.48. The first kappa shape index (κ1) is 12.4. The maximum Gasteiger partial charge on any atom is 0.374 e. The molecule has 2 heterocycles. The Morgan fingerprint density at radius 2 is 2.15 bits per heavy atom. The molecule has 1 aliphatic heterocycles. The van der Waals surface area contributed by atoms with Crippen molar-refractivity contribution in [1.82, 2.24) is 5.16 Å². The average molecular weight is 272 g/mol. The average Bonchev–Trinajstić information content (AvgIpc) is 2.92. The molecule has 0 saturated heterocycles. The smallest absolute Gasteiger partial charge is 0.374 e. The number of carboxylic acids is 1. The third kappa shape index (κ3) is 1.95. The van der Waals surface area contributed by atoms with Crippen LogP contribution in [0.5, 0.6) is 0 Å². The molecular weight excluding hydrogens is 260 g/mol. The van der Waals surface area contributed by atoms with Crippen molar-refractivity contribution < 1.29 is 19.2 Å². The highest BCUT2D eigenvalue weighted by atomic mass is 16.5. The number of hydrogen-bond acceptors (Lipinski definition) is 4. The molecule has 1 aromatic heterocycles. The Bertz CT molecular complexity index is 705. The molecule has 1 N–H and O–H groups in total. The third-order valence-electron chi connectivity index (χ3n) is 3.44. The number of aryl methyl sites for hydroxylation is 1. The summed E-state index contributed by atoms with van der Waals surface area (Å²) in [6.07, 6.45) is 1.15. The van der Waals surface area contributed by atoms with Gasteiger partial charge in [-0.1, -0.05) is 11.2 Å². The molecule has 102 valence electrons. The van der Waals surface area contributed by atoms with Crippen molar-refractivity contribution >= 4 is 17.6 Å². The molecule has 0 unspecified atom stereocenters. The first-order chi connectivity index (χ1) is 9.56. The van der Waals surface area contributed by atoms with Crippen LogP contribution in [0.2, 0.25) is 0 Å². The number of carbonyl (C=O) groups excluding carboxylic acids is 1. The van der Waals surface area contributed by atoms with Crippen LogP contribution in [0.25, 0.3) is 11.3 Å². The van der Waals surface area contributed by atoms with Gasteiger partial charge >= 0.3 is 5.97 Å². The fraction of sp³-hybridized carbons (Fsp3) is 0.214. The Labute approximate surface area is 114 Å². The van der Waals surface area contributed by atoms with Crippen molar-refractivity contribution in [2.75, 3.05) is 11.9 Å². The van der Waals surface area contributed by atoms with Gasteiger partial charge in [-0.25, -0.2) is 4.79 Å². The molecule has 1 aliphatic rings. The predicted octanol–water partition coefficient (Wildman–Crippen LogP) is 1.95. The van der Waals surface area contributed by atoms with E-state index in [0.29, 0.717) is 18.5 Å². The zero-order chi connectivity index (χ0) is 14.3. The van der Waals surface area contributed by atoms with Crippen molar-refractivity contribution in [3.63, 3.8) is 0 Å². The molecule has 0 bridgehead atoms. The van der Waals surface area contributed by atoms with Crippen molar-refractivity contribution in [3.8, 4) is 11.3 Å². The minimum absolute atomic E-state index is 0.0971. The van der Waals surface area contributed by atoms with Crippen LogP contribution in [0.3, 0.4) is 0 Å². The van der Waals surface area contributed by atoms with Crippen LogP contribution < -0.4 is 4.90 Å². The molecule has 0 aliphatic carbocycles. The second-order valence-electron chi connectivity index (χ2n) is 4.68. The normalized spacial score (nSPS) is 14.2. The molecule has 3 rings (SSSR count). The van der Waals surface area contributed by atoms with Gasteiger partial charge in [0, 0.05) is 30.8 Å². The highest BCUT2D eigenvalue weighted by molar-refractivity contribution is 5.96. The van der Waals surface area contributed by atoms with E-state index in [1.165, 1.54) is 6.07 Å². The lowest BCUT2D eigenvalue weighted by molar-refractivity contribution is -0.118. The zero-order valence-electron chi connectivity index (χ0n) is 10.8. The van der Waals surface area contributed by atoms with Crippen molar-refractivity contribution in [3.05, 3.63) is 35.6 Å². The summed E-state index contributed by atoms with van der Waals surface area (Å²) in [4.78, 5) is 24.0. The lowest BCUT2D eigenvalue weighted by atomic mass is 9.98.